The Balaban J connectivity index is 1.65. The molecule has 0 bridgehead atoms. The van der Waals surface area contributed by atoms with Crippen LogP contribution in [-0.2, 0) is 11.3 Å². The third kappa shape index (κ3) is 4.73. The Bertz CT molecular complexity index is 921. The molecule has 0 spiro atoms. The fourth-order valence-electron chi connectivity index (χ4n) is 2.52. The molecule has 0 saturated carbocycles. The third-order valence-electron chi connectivity index (χ3n) is 3.95. The van der Waals surface area contributed by atoms with Gasteiger partial charge in [0.25, 0.3) is 5.91 Å². The van der Waals surface area contributed by atoms with Crippen molar-refractivity contribution in [3.05, 3.63) is 95.6 Å². The van der Waals surface area contributed by atoms with Gasteiger partial charge in [0.15, 0.2) is 0 Å². The van der Waals surface area contributed by atoms with Crippen LogP contribution in [0.5, 0.6) is 5.75 Å². The van der Waals surface area contributed by atoms with Gasteiger partial charge in [-0.2, -0.15) is 0 Å². The summed E-state index contributed by atoms with van der Waals surface area (Å²) in [7, 11) is 1.30. The number of amides is 1. The van der Waals surface area contributed by atoms with E-state index in [1.54, 1.807) is 48.5 Å². The lowest BCUT2D eigenvalue weighted by atomic mass is 10.1. The number of para-hydroxylation sites is 1. The quantitative estimate of drug-likeness (QED) is 0.665. The molecule has 0 heterocycles. The number of nitrogens with one attached hydrogen (secondary N) is 1. The normalized spacial score (nSPS) is 10.1. The molecule has 0 fully saturated rings. The van der Waals surface area contributed by atoms with Crippen LogP contribution in [0, 0.1) is 0 Å². The van der Waals surface area contributed by atoms with Crippen LogP contribution in [0.4, 0.5) is 5.69 Å². The molecule has 0 aliphatic heterocycles. The minimum Gasteiger partial charge on any atom is -0.489 e. The van der Waals surface area contributed by atoms with Gasteiger partial charge in [-0.15, -0.1) is 0 Å². The van der Waals surface area contributed by atoms with Gasteiger partial charge in [-0.25, -0.2) is 4.79 Å². The number of esters is 1. The minimum absolute atomic E-state index is 0.302. The van der Waals surface area contributed by atoms with Gasteiger partial charge in [0, 0.05) is 5.56 Å². The van der Waals surface area contributed by atoms with Gasteiger partial charge in [-0.3, -0.25) is 4.79 Å². The van der Waals surface area contributed by atoms with Crippen LogP contribution in [0.1, 0.15) is 26.3 Å². The summed E-state index contributed by atoms with van der Waals surface area (Å²) < 4.78 is 10.5. The molecular weight excluding hydrogens is 342 g/mol. The average Bonchev–Trinajstić information content (AvgIpc) is 2.73. The molecule has 1 N–H and O–H groups in total. The summed E-state index contributed by atoms with van der Waals surface area (Å²) in [6.07, 6.45) is 0. The molecule has 3 rings (SSSR count). The molecular formula is C22H19NO4. The first-order valence-corrected chi connectivity index (χ1v) is 8.43. The number of anilines is 1. The lowest BCUT2D eigenvalue weighted by Gasteiger charge is -2.10. The number of ether oxygens (including phenoxy) is 2. The Kier molecular flexibility index (Phi) is 5.84. The first-order chi connectivity index (χ1) is 13.2. The van der Waals surface area contributed by atoms with Crippen LogP contribution in [0.15, 0.2) is 78.9 Å². The highest BCUT2D eigenvalue weighted by Gasteiger charge is 2.14. The zero-order valence-electron chi connectivity index (χ0n) is 14.8. The molecule has 0 radical (unpaired) electrons. The van der Waals surface area contributed by atoms with Crippen molar-refractivity contribution in [3.63, 3.8) is 0 Å². The highest BCUT2D eigenvalue weighted by atomic mass is 16.5. The molecule has 0 aromatic heterocycles. The summed E-state index contributed by atoms with van der Waals surface area (Å²) in [4.78, 5) is 24.3. The van der Waals surface area contributed by atoms with E-state index in [-0.39, 0.29) is 5.91 Å². The number of hydrogen-bond donors (Lipinski definition) is 1. The van der Waals surface area contributed by atoms with E-state index in [1.807, 2.05) is 30.3 Å². The van der Waals surface area contributed by atoms with E-state index >= 15 is 0 Å². The van der Waals surface area contributed by atoms with Gasteiger partial charge < -0.3 is 14.8 Å². The van der Waals surface area contributed by atoms with Gasteiger partial charge in [-0.05, 0) is 42.0 Å². The molecule has 136 valence electrons. The maximum Gasteiger partial charge on any atom is 0.339 e. The first-order valence-electron chi connectivity index (χ1n) is 8.43. The number of hydrogen-bond acceptors (Lipinski definition) is 4. The number of rotatable bonds is 6. The zero-order valence-corrected chi connectivity index (χ0v) is 14.8. The fraction of sp³-hybridized carbons (Fsp3) is 0.0909. The Labute approximate surface area is 157 Å². The molecule has 0 atom stereocenters. The van der Waals surface area contributed by atoms with Crippen molar-refractivity contribution >= 4 is 17.6 Å². The highest BCUT2D eigenvalue weighted by molar-refractivity contribution is 6.08. The predicted octanol–water partition coefficient (Wildman–Crippen LogP) is 4.30. The Hall–Kier alpha value is -3.60. The van der Waals surface area contributed by atoms with Crippen LogP contribution in [-0.4, -0.2) is 19.0 Å². The summed E-state index contributed by atoms with van der Waals surface area (Å²) in [6, 6.07) is 23.4. The van der Waals surface area contributed by atoms with Crippen LogP contribution < -0.4 is 10.1 Å². The predicted molar refractivity (Wildman–Crippen MR) is 103 cm³/mol. The van der Waals surface area contributed by atoms with E-state index in [4.69, 9.17) is 9.47 Å². The van der Waals surface area contributed by atoms with Crippen LogP contribution in [0.3, 0.4) is 0 Å². The van der Waals surface area contributed by atoms with E-state index in [0.29, 0.717) is 29.2 Å². The number of benzene rings is 3. The van der Waals surface area contributed by atoms with Crippen molar-refractivity contribution in [2.45, 2.75) is 6.61 Å². The van der Waals surface area contributed by atoms with Gasteiger partial charge in [-0.1, -0.05) is 42.5 Å². The third-order valence-corrected chi connectivity index (χ3v) is 3.95. The maximum atomic E-state index is 12.5. The fourth-order valence-corrected chi connectivity index (χ4v) is 2.52. The van der Waals surface area contributed by atoms with Crippen molar-refractivity contribution in [2.75, 3.05) is 12.4 Å². The molecule has 0 aliphatic carbocycles. The molecule has 0 saturated heterocycles. The van der Waals surface area contributed by atoms with E-state index in [2.05, 4.69) is 5.32 Å². The summed E-state index contributed by atoms with van der Waals surface area (Å²) >= 11 is 0. The molecule has 3 aromatic rings. The van der Waals surface area contributed by atoms with E-state index in [0.717, 1.165) is 5.56 Å². The first kappa shape index (κ1) is 18.2. The monoisotopic (exact) mass is 361 g/mol. The summed E-state index contributed by atoms with van der Waals surface area (Å²) in [6.45, 7) is 0.457. The smallest absolute Gasteiger partial charge is 0.339 e. The Morgan fingerprint density at radius 2 is 1.52 bits per heavy atom. The number of methoxy groups -OCH3 is 1. The standard InChI is InChI=1S/C22H19NO4/c1-26-22(25)19-9-5-6-10-20(19)23-21(24)17-11-13-18(14-12-17)27-15-16-7-3-2-4-8-16/h2-14H,15H2,1H3,(H,23,24). The zero-order chi connectivity index (χ0) is 19.1. The van der Waals surface area contributed by atoms with Crippen molar-refractivity contribution in [1.82, 2.24) is 0 Å². The van der Waals surface area contributed by atoms with Gasteiger partial charge in [0.2, 0.25) is 0 Å². The Morgan fingerprint density at radius 3 is 2.22 bits per heavy atom. The molecule has 1 amide bonds. The summed E-state index contributed by atoms with van der Waals surface area (Å²) in [5, 5.41) is 2.74. The molecule has 0 unspecified atom stereocenters. The van der Waals surface area contributed by atoms with Crippen LogP contribution >= 0.6 is 0 Å². The van der Waals surface area contributed by atoms with E-state index in [1.165, 1.54) is 7.11 Å². The SMILES string of the molecule is COC(=O)c1ccccc1NC(=O)c1ccc(OCc2ccccc2)cc1. The van der Waals surface area contributed by atoms with Gasteiger partial charge in [0.05, 0.1) is 18.4 Å². The second-order valence-corrected chi connectivity index (χ2v) is 5.79. The summed E-state index contributed by atoms with van der Waals surface area (Å²) in [5.41, 5.74) is 2.23. The lowest BCUT2D eigenvalue weighted by Crippen LogP contribution is -2.15. The maximum absolute atomic E-state index is 12.5. The van der Waals surface area contributed by atoms with Crippen molar-refractivity contribution in [3.8, 4) is 5.75 Å². The van der Waals surface area contributed by atoms with Crippen molar-refractivity contribution < 1.29 is 19.1 Å². The van der Waals surface area contributed by atoms with Crippen LogP contribution in [0.25, 0.3) is 0 Å². The second kappa shape index (κ2) is 8.67. The van der Waals surface area contributed by atoms with Crippen molar-refractivity contribution in [1.29, 1.82) is 0 Å². The molecule has 5 heteroatoms. The number of carbonyl (C=O) groups is 2. The molecule has 5 nitrogen and oxygen atoms in total. The van der Waals surface area contributed by atoms with Gasteiger partial charge in [0.1, 0.15) is 12.4 Å². The van der Waals surface area contributed by atoms with Gasteiger partial charge >= 0.3 is 5.97 Å². The molecule has 0 aliphatic rings. The number of carbonyl (C=O) groups excluding carboxylic acids is 2. The van der Waals surface area contributed by atoms with Crippen molar-refractivity contribution in [2.24, 2.45) is 0 Å². The summed E-state index contributed by atoms with van der Waals surface area (Å²) in [5.74, 6) is -0.151. The van der Waals surface area contributed by atoms with E-state index in [9.17, 15) is 9.59 Å². The average molecular weight is 361 g/mol. The second-order valence-electron chi connectivity index (χ2n) is 5.79. The largest absolute Gasteiger partial charge is 0.489 e. The Morgan fingerprint density at radius 1 is 0.852 bits per heavy atom. The van der Waals surface area contributed by atoms with E-state index < -0.39 is 5.97 Å². The molecule has 27 heavy (non-hydrogen) atoms. The lowest BCUT2D eigenvalue weighted by molar-refractivity contribution is 0.0602. The van der Waals surface area contributed by atoms with Crippen LogP contribution in [0.2, 0.25) is 0 Å². The topological polar surface area (TPSA) is 64.6 Å². The minimum atomic E-state index is -0.504. The highest BCUT2D eigenvalue weighted by Crippen LogP contribution is 2.19. The molecule has 3 aromatic carbocycles.